The third-order valence-corrected chi connectivity index (χ3v) is 6.60. The Balaban J connectivity index is 1.57. The summed E-state index contributed by atoms with van der Waals surface area (Å²) in [4.78, 5) is 12.3. The maximum absolute atomic E-state index is 12.5. The Morgan fingerprint density at radius 1 is 1.04 bits per heavy atom. The summed E-state index contributed by atoms with van der Waals surface area (Å²) in [6, 6.07) is 11.9. The van der Waals surface area contributed by atoms with Crippen molar-refractivity contribution in [2.75, 3.05) is 25.0 Å². The molecule has 2 aromatic rings. The predicted molar refractivity (Wildman–Crippen MR) is 104 cm³/mol. The standard InChI is InChI=1S/C20H24N2O4S/c1-15-5-8-18(13-16(15)2)26-14-20(23)21-17-6-9-19(10-7-17)27(24,25)22-11-3-4-12-22/h5-10,13H,3-4,11-12,14H2,1-2H3,(H,21,23). The van der Waals surface area contributed by atoms with E-state index in [4.69, 9.17) is 4.74 Å². The number of amides is 1. The third-order valence-electron chi connectivity index (χ3n) is 4.69. The van der Waals surface area contributed by atoms with Gasteiger partial charge in [-0.3, -0.25) is 4.79 Å². The summed E-state index contributed by atoms with van der Waals surface area (Å²) in [5.74, 6) is 0.337. The maximum Gasteiger partial charge on any atom is 0.262 e. The molecule has 7 heteroatoms. The summed E-state index contributed by atoms with van der Waals surface area (Å²) in [5, 5.41) is 2.71. The van der Waals surface area contributed by atoms with E-state index in [1.807, 2.05) is 32.0 Å². The van der Waals surface area contributed by atoms with Crippen LogP contribution in [0.3, 0.4) is 0 Å². The molecule has 6 nitrogen and oxygen atoms in total. The molecule has 1 fully saturated rings. The Labute approximate surface area is 160 Å². The lowest BCUT2D eigenvalue weighted by molar-refractivity contribution is -0.118. The highest BCUT2D eigenvalue weighted by atomic mass is 32.2. The van der Waals surface area contributed by atoms with Crippen LogP contribution in [-0.4, -0.2) is 38.3 Å². The van der Waals surface area contributed by atoms with Crippen molar-refractivity contribution in [3.63, 3.8) is 0 Å². The SMILES string of the molecule is Cc1ccc(OCC(=O)Nc2ccc(S(=O)(=O)N3CCCC3)cc2)cc1C. The number of rotatable bonds is 6. The number of anilines is 1. The second kappa shape index (κ2) is 8.10. The molecule has 3 rings (SSSR count). The third kappa shape index (κ3) is 4.67. The molecule has 0 unspecified atom stereocenters. The minimum Gasteiger partial charge on any atom is -0.484 e. The summed E-state index contributed by atoms with van der Waals surface area (Å²) in [7, 11) is -3.44. The van der Waals surface area contributed by atoms with Crippen LogP contribution in [0.4, 0.5) is 5.69 Å². The fourth-order valence-corrected chi connectivity index (χ4v) is 4.45. The Kier molecular flexibility index (Phi) is 5.82. The van der Waals surface area contributed by atoms with E-state index in [1.165, 1.54) is 16.4 Å². The van der Waals surface area contributed by atoms with E-state index in [0.717, 1.165) is 24.0 Å². The number of sulfonamides is 1. The predicted octanol–water partition coefficient (Wildman–Crippen LogP) is 3.11. The van der Waals surface area contributed by atoms with E-state index in [2.05, 4.69) is 5.32 Å². The van der Waals surface area contributed by atoms with Crippen LogP contribution in [0.25, 0.3) is 0 Å². The Morgan fingerprint density at radius 3 is 2.33 bits per heavy atom. The lowest BCUT2D eigenvalue weighted by atomic mass is 10.1. The normalized spacial score (nSPS) is 14.9. The van der Waals surface area contributed by atoms with Crippen molar-refractivity contribution < 1.29 is 17.9 Å². The smallest absolute Gasteiger partial charge is 0.262 e. The summed E-state index contributed by atoms with van der Waals surface area (Å²) >= 11 is 0. The number of benzene rings is 2. The van der Waals surface area contributed by atoms with Crippen molar-refractivity contribution in [3.8, 4) is 5.75 Å². The van der Waals surface area contributed by atoms with E-state index in [1.54, 1.807) is 12.1 Å². The minimum absolute atomic E-state index is 0.115. The molecular weight excluding hydrogens is 364 g/mol. The molecule has 0 bridgehead atoms. The monoisotopic (exact) mass is 388 g/mol. The largest absolute Gasteiger partial charge is 0.484 e. The zero-order valence-corrected chi connectivity index (χ0v) is 16.4. The van der Waals surface area contributed by atoms with Crippen LogP contribution >= 0.6 is 0 Å². The van der Waals surface area contributed by atoms with E-state index in [9.17, 15) is 13.2 Å². The van der Waals surface area contributed by atoms with Gasteiger partial charge in [-0.15, -0.1) is 0 Å². The molecular formula is C20H24N2O4S. The van der Waals surface area contributed by atoms with Gasteiger partial charge in [0, 0.05) is 18.8 Å². The minimum atomic E-state index is -3.44. The highest BCUT2D eigenvalue weighted by Gasteiger charge is 2.26. The van der Waals surface area contributed by atoms with Crippen LogP contribution in [0.2, 0.25) is 0 Å². The molecule has 144 valence electrons. The van der Waals surface area contributed by atoms with Gasteiger partial charge < -0.3 is 10.1 Å². The molecule has 2 aromatic carbocycles. The highest BCUT2D eigenvalue weighted by Crippen LogP contribution is 2.22. The molecule has 1 amide bonds. The van der Waals surface area contributed by atoms with E-state index < -0.39 is 10.0 Å². The molecule has 1 aliphatic rings. The number of hydrogen-bond donors (Lipinski definition) is 1. The van der Waals surface area contributed by atoms with Crippen molar-refractivity contribution in [2.24, 2.45) is 0 Å². The van der Waals surface area contributed by atoms with E-state index >= 15 is 0 Å². The van der Waals surface area contributed by atoms with Crippen molar-refractivity contribution in [3.05, 3.63) is 53.6 Å². The van der Waals surface area contributed by atoms with Crippen molar-refractivity contribution in [2.45, 2.75) is 31.6 Å². The van der Waals surface area contributed by atoms with Gasteiger partial charge in [0.05, 0.1) is 4.90 Å². The lowest BCUT2D eigenvalue weighted by Gasteiger charge is -2.15. The van der Waals surface area contributed by atoms with Gasteiger partial charge in [-0.1, -0.05) is 6.07 Å². The van der Waals surface area contributed by atoms with E-state index in [0.29, 0.717) is 24.5 Å². The van der Waals surface area contributed by atoms with Gasteiger partial charge in [-0.05, 0) is 74.2 Å². The van der Waals surface area contributed by atoms with Gasteiger partial charge in [-0.2, -0.15) is 4.31 Å². The molecule has 0 aromatic heterocycles. The molecule has 0 radical (unpaired) electrons. The molecule has 1 saturated heterocycles. The summed E-state index contributed by atoms with van der Waals surface area (Å²) < 4.78 is 32.0. The second-order valence-electron chi connectivity index (χ2n) is 6.72. The van der Waals surface area contributed by atoms with Gasteiger partial charge in [-0.25, -0.2) is 8.42 Å². The average Bonchev–Trinajstić information content (AvgIpc) is 3.19. The number of hydrogen-bond acceptors (Lipinski definition) is 4. The molecule has 0 saturated carbocycles. The van der Waals surface area contributed by atoms with Crippen molar-refractivity contribution >= 4 is 21.6 Å². The Morgan fingerprint density at radius 2 is 1.70 bits per heavy atom. The Bertz CT molecular complexity index is 917. The first-order valence-corrected chi connectivity index (χ1v) is 10.4. The fourth-order valence-electron chi connectivity index (χ4n) is 2.94. The molecule has 1 aliphatic heterocycles. The zero-order valence-electron chi connectivity index (χ0n) is 15.6. The van der Waals surface area contributed by atoms with Gasteiger partial charge >= 0.3 is 0 Å². The second-order valence-corrected chi connectivity index (χ2v) is 8.66. The number of carbonyl (C=O) groups excluding carboxylic acids is 1. The van der Waals surface area contributed by atoms with Crippen LogP contribution in [0.1, 0.15) is 24.0 Å². The van der Waals surface area contributed by atoms with Crippen LogP contribution in [0, 0.1) is 13.8 Å². The Hall–Kier alpha value is -2.38. The highest BCUT2D eigenvalue weighted by molar-refractivity contribution is 7.89. The topological polar surface area (TPSA) is 75.7 Å². The fraction of sp³-hybridized carbons (Fsp3) is 0.350. The molecule has 0 spiro atoms. The first-order valence-electron chi connectivity index (χ1n) is 8.96. The zero-order chi connectivity index (χ0) is 19.4. The molecule has 1 N–H and O–H groups in total. The summed E-state index contributed by atoms with van der Waals surface area (Å²) in [6.45, 7) is 5.02. The van der Waals surface area contributed by atoms with Crippen LogP contribution in [0.5, 0.6) is 5.75 Å². The van der Waals surface area contributed by atoms with Crippen molar-refractivity contribution in [1.29, 1.82) is 0 Å². The van der Waals surface area contributed by atoms with Gasteiger partial charge in [0.1, 0.15) is 5.75 Å². The molecule has 0 atom stereocenters. The number of nitrogens with one attached hydrogen (secondary N) is 1. The van der Waals surface area contributed by atoms with Gasteiger partial charge in [0.25, 0.3) is 5.91 Å². The first kappa shape index (κ1) is 19.4. The first-order chi connectivity index (χ1) is 12.9. The maximum atomic E-state index is 12.5. The summed E-state index contributed by atoms with van der Waals surface area (Å²) in [6.07, 6.45) is 1.79. The number of ether oxygens (including phenoxy) is 1. The van der Waals surface area contributed by atoms with Gasteiger partial charge in [0.2, 0.25) is 10.0 Å². The number of aryl methyl sites for hydroxylation is 2. The quantitative estimate of drug-likeness (QED) is 0.825. The summed E-state index contributed by atoms with van der Waals surface area (Å²) in [5.41, 5.74) is 2.79. The molecule has 27 heavy (non-hydrogen) atoms. The molecule has 1 heterocycles. The number of nitrogens with zero attached hydrogens (tertiary/aromatic N) is 1. The van der Waals surface area contributed by atoms with E-state index in [-0.39, 0.29) is 17.4 Å². The van der Waals surface area contributed by atoms with Crippen LogP contribution in [-0.2, 0) is 14.8 Å². The van der Waals surface area contributed by atoms with Gasteiger partial charge in [0.15, 0.2) is 6.61 Å². The molecule has 0 aliphatic carbocycles. The lowest BCUT2D eigenvalue weighted by Crippen LogP contribution is -2.27. The van der Waals surface area contributed by atoms with Crippen LogP contribution < -0.4 is 10.1 Å². The number of carbonyl (C=O) groups is 1. The average molecular weight is 388 g/mol. The van der Waals surface area contributed by atoms with Crippen LogP contribution in [0.15, 0.2) is 47.4 Å². The van der Waals surface area contributed by atoms with Crippen molar-refractivity contribution in [1.82, 2.24) is 4.31 Å².